The Morgan fingerprint density at radius 2 is 1.95 bits per heavy atom. The van der Waals surface area contributed by atoms with Gasteiger partial charge < -0.3 is 10.3 Å². The van der Waals surface area contributed by atoms with Crippen molar-refractivity contribution in [2.45, 2.75) is 13.3 Å². The Labute approximate surface area is 112 Å². The molecule has 0 fully saturated rings. The van der Waals surface area contributed by atoms with Crippen molar-refractivity contribution < 1.29 is 4.79 Å². The van der Waals surface area contributed by atoms with E-state index in [1.807, 2.05) is 42.6 Å². The van der Waals surface area contributed by atoms with E-state index in [9.17, 15) is 4.79 Å². The van der Waals surface area contributed by atoms with E-state index in [1.165, 1.54) is 0 Å². The van der Waals surface area contributed by atoms with Crippen molar-refractivity contribution in [3.63, 3.8) is 0 Å². The third-order valence-corrected chi connectivity index (χ3v) is 3.35. The van der Waals surface area contributed by atoms with Crippen LogP contribution in [0.4, 0.5) is 0 Å². The summed E-state index contributed by atoms with van der Waals surface area (Å²) in [6.45, 7) is 2.76. The summed E-state index contributed by atoms with van der Waals surface area (Å²) in [5.41, 5.74) is 2.79. The number of carbonyl (C=O) groups excluding carboxylic acids is 1. The zero-order valence-electron chi connectivity index (χ0n) is 10.9. The summed E-state index contributed by atoms with van der Waals surface area (Å²) in [6, 6.07) is 11.9. The maximum absolute atomic E-state index is 12.4. The fourth-order valence-corrected chi connectivity index (χ4v) is 2.50. The molecule has 96 valence electrons. The minimum absolute atomic E-state index is 0.00708. The molecule has 0 unspecified atom stereocenters. The Kier molecular flexibility index (Phi) is 2.95. The number of amides is 1. The maximum atomic E-state index is 12.4. The van der Waals surface area contributed by atoms with Crippen LogP contribution in [0.2, 0.25) is 0 Å². The molecule has 0 radical (unpaired) electrons. The lowest BCUT2D eigenvalue weighted by Crippen LogP contribution is -2.24. The molecule has 1 aliphatic carbocycles. The SMILES string of the molecule is CCCNC(=O)c1c2ccc[nH]c-2c2ccccc12. The first-order chi connectivity index (χ1) is 9.33. The van der Waals surface area contributed by atoms with E-state index in [2.05, 4.69) is 17.2 Å². The molecule has 0 saturated heterocycles. The van der Waals surface area contributed by atoms with Crippen molar-refractivity contribution in [2.75, 3.05) is 6.54 Å². The minimum Gasteiger partial charge on any atom is -0.361 e. The van der Waals surface area contributed by atoms with Gasteiger partial charge in [0.15, 0.2) is 0 Å². The Morgan fingerprint density at radius 1 is 1.16 bits per heavy atom. The normalized spacial score (nSPS) is 11.0. The first-order valence-electron chi connectivity index (χ1n) is 6.59. The molecule has 0 bridgehead atoms. The Bertz CT molecular complexity index is 699. The highest BCUT2D eigenvalue weighted by Crippen LogP contribution is 2.37. The number of aromatic nitrogens is 1. The van der Waals surface area contributed by atoms with Crippen LogP contribution in [0.3, 0.4) is 0 Å². The molecule has 1 amide bonds. The van der Waals surface area contributed by atoms with Crippen LogP contribution in [-0.2, 0) is 0 Å². The van der Waals surface area contributed by atoms with Crippen molar-refractivity contribution >= 4 is 16.7 Å². The highest BCUT2D eigenvalue weighted by molar-refractivity contribution is 6.18. The van der Waals surface area contributed by atoms with Gasteiger partial charge >= 0.3 is 0 Å². The Hall–Kier alpha value is -2.29. The van der Waals surface area contributed by atoms with E-state index in [0.29, 0.717) is 6.54 Å². The van der Waals surface area contributed by atoms with Crippen LogP contribution < -0.4 is 5.32 Å². The summed E-state index contributed by atoms with van der Waals surface area (Å²) in [5.74, 6) is 0.00708. The Morgan fingerprint density at radius 3 is 2.74 bits per heavy atom. The van der Waals surface area contributed by atoms with Gasteiger partial charge in [-0.05, 0) is 17.9 Å². The zero-order valence-corrected chi connectivity index (χ0v) is 10.9. The number of rotatable bonds is 3. The fraction of sp³-hybridized carbons (Fsp3) is 0.188. The summed E-state index contributed by atoms with van der Waals surface area (Å²) in [6.07, 6.45) is 2.83. The molecule has 0 saturated carbocycles. The van der Waals surface area contributed by atoms with Gasteiger partial charge in [0.1, 0.15) is 0 Å². The lowest BCUT2D eigenvalue weighted by molar-refractivity contribution is 0.0956. The molecule has 1 aliphatic heterocycles. The third kappa shape index (κ3) is 1.87. The molecular weight excluding hydrogens is 236 g/mol. The van der Waals surface area contributed by atoms with Crippen LogP contribution in [-0.4, -0.2) is 17.4 Å². The van der Waals surface area contributed by atoms with Crippen molar-refractivity contribution in [1.82, 2.24) is 10.3 Å². The van der Waals surface area contributed by atoms with Crippen molar-refractivity contribution in [3.05, 3.63) is 48.2 Å². The highest BCUT2D eigenvalue weighted by atomic mass is 16.1. The second-order valence-corrected chi connectivity index (χ2v) is 4.64. The van der Waals surface area contributed by atoms with Gasteiger partial charge in [-0.25, -0.2) is 0 Å². The van der Waals surface area contributed by atoms with Crippen LogP contribution in [0.5, 0.6) is 0 Å². The van der Waals surface area contributed by atoms with Gasteiger partial charge in [-0.3, -0.25) is 4.79 Å². The van der Waals surface area contributed by atoms with Crippen LogP contribution in [0.15, 0.2) is 42.6 Å². The smallest absolute Gasteiger partial charge is 0.252 e. The van der Waals surface area contributed by atoms with Crippen LogP contribution in [0, 0.1) is 0 Å². The highest BCUT2D eigenvalue weighted by Gasteiger charge is 2.21. The standard InChI is InChI=1S/C16H16N2O/c1-2-9-18-16(19)14-11-6-3-4-7-12(11)15-13(14)8-5-10-17-15/h3-8,10,17H,2,9H2,1H3,(H,18,19). The summed E-state index contributed by atoms with van der Waals surface area (Å²) >= 11 is 0. The monoisotopic (exact) mass is 252 g/mol. The van der Waals surface area contributed by atoms with Crippen LogP contribution in [0.25, 0.3) is 22.0 Å². The van der Waals surface area contributed by atoms with Gasteiger partial charge in [-0.15, -0.1) is 0 Å². The number of carbonyl (C=O) groups is 1. The van der Waals surface area contributed by atoms with Gasteiger partial charge in [-0.1, -0.05) is 37.3 Å². The van der Waals surface area contributed by atoms with Gasteiger partial charge in [0.05, 0.1) is 11.3 Å². The van der Waals surface area contributed by atoms with E-state index in [1.54, 1.807) is 0 Å². The number of hydrogen-bond donors (Lipinski definition) is 2. The predicted molar refractivity (Wildman–Crippen MR) is 77.5 cm³/mol. The quantitative estimate of drug-likeness (QED) is 0.737. The summed E-state index contributed by atoms with van der Waals surface area (Å²) in [7, 11) is 0. The molecule has 3 heteroatoms. The molecule has 19 heavy (non-hydrogen) atoms. The summed E-state index contributed by atoms with van der Waals surface area (Å²) in [5, 5.41) is 5.07. The first kappa shape index (κ1) is 11.8. The van der Waals surface area contributed by atoms with Crippen LogP contribution >= 0.6 is 0 Å². The topological polar surface area (TPSA) is 44.9 Å². The number of pyridine rings is 1. The third-order valence-electron chi connectivity index (χ3n) is 3.35. The van der Waals surface area contributed by atoms with E-state index >= 15 is 0 Å². The van der Waals surface area contributed by atoms with Crippen molar-refractivity contribution in [2.24, 2.45) is 0 Å². The van der Waals surface area contributed by atoms with Gasteiger partial charge in [0, 0.05) is 23.7 Å². The number of hydrogen-bond acceptors (Lipinski definition) is 1. The van der Waals surface area contributed by atoms with Crippen molar-refractivity contribution in [1.29, 1.82) is 0 Å². The van der Waals surface area contributed by atoms with E-state index < -0.39 is 0 Å². The second-order valence-electron chi connectivity index (χ2n) is 4.64. The molecule has 1 aromatic rings. The fourth-order valence-electron chi connectivity index (χ4n) is 2.50. The molecule has 0 spiro atoms. The van der Waals surface area contributed by atoms with Gasteiger partial charge in [0.25, 0.3) is 5.91 Å². The number of nitrogens with one attached hydrogen (secondary N) is 2. The van der Waals surface area contributed by atoms with Gasteiger partial charge in [0.2, 0.25) is 0 Å². The zero-order chi connectivity index (χ0) is 13.2. The molecule has 3 rings (SSSR count). The van der Waals surface area contributed by atoms with E-state index in [0.717, 1.165) is 34.0 Å². The second kappa shape index (κ2) is 4.76. The lowest BCUT2D eigenvalue weighted by Gasteiger charge is -2.05. The lowest BCUT2D eigenvalue weighted by atomic mass is 10.1. The van der Waals surface area contributed by atoms with E-state index in [4.69, 9.17) is 0 Å². The molecular formula is C16H16N2O. The number of benzene rings is 1. The molecule has 3 nitrogen and oxygen atoms in total. The van der Waals surface area contributed by atoms with E-state index in [-0.39, 0.29) is 5.91 Å². The first-order valence-corrected chi connectivity index (χ1v) is 6.59. The van der Waals surface area contributed by atoms with Gasteiger partial charge in [-0.2, -0.15) is 0 Å². The average Bonchev–Trinajstić information content (AvgIpc) is 2.79. The molecule has 2 N–H and O–H groups in total. The number of aromatic amines is 1. The minimum atomic E-state index is 0.00708. The van der Waals surface area contributed by atoms with Crippen LogP contribution in [0.1, 0.15) is 23.7 Å². The largest absolute Gasteiger partial charge is 0.361 e. The molecule has 1 heterocycles. The maximum Gasteiger partial charge on any atom is 0.252 e. The predicted octanol–water partition coefficient (Wildman–Crippen LogP) is 3.41. The molecule has 0 aromatic heterocycles. The molecule has 0 atom stereocenters. The molecule has 1 aromatic carbocycles. The molecule has 2 aliphatic rings. The number of fused-ring (bicyclic) bond motifs is 3. The van der Waals surface area contributed by atoms with Crippen molar-refractivity contribution in [3.8, 4) is 11.3 Å². The summed E-state index contributed by atoms with van der Waals surface area (Å²) in [4.78, 5) is 15.6. The number of H-pyrrole nitrogens is 1. The Balaban J connectivity index is 2.23. The summed E-state index contributed by atoms with van der Waals surface area (Å²) < 4.78 is 0. The average molecular weight is 252 g/mol.